The van der Waals surface area contributed by atoms with Gasteiger partial charge in [0.25, 0.3) is 0 Å². The van der Waals surface area contributed by atoms with E-state index in [2.05, 4.69) is 6.58 Å². The topological polar surface area (TPSA) is 43.4 Å². The number of Topliss-reactive ketones (excluding diaryl/α,β-unsaturated/α-hetero) is 1. The lowest BCUT2D eigenvalue weighted by molar-refractivity contribution is -0.158. The second-order valence-electron chi connectivity index (χ2n) is 3.24. The van der Waals surface area contributed by atoms with Gasteiger partial charge in [-0.15, -0.1) is 6.58 Å². The highest BCUT2D eigenvalue weighted by molar-refractivity contribution is 6.34. The van der Waals surface area contributed by atoms with Crippen molar-refractivity contribution in [1.29, 1.82) is 0 Å². The van der Waals surface area contributed by atoms with Gasteiger partial charge in [0.1, 0.15) is 0 Å². The Balaban J connectivity index is 4.09. The predicted molar refractivity (Wildman–Crippen MR) is 50.2 cm³/mol. The Morgan fingerprint density at radius 3 is 2.31 bits per heavy atom. The van der Waals surface area contributed by atoms with Crippen LogP contribution >= 0.6 is 0 Å². The van der Waals surface area contributed by atoms with Gasteiger partial charge in [0.2, 0.25) is 5.78 Å². The van der Waals surface area contributed by atoms with Crippen LogP contribution in [0.15, 0.2) is 12.7 Å². The summed E-state index contributed by atoms with van der Waals surface area (Å²) in [5.74, 6) is -1.55. The molecule has 0 unspecified atom stereocenters. The summed E-state index contributed by atoms with van der Waals surface area (Å²) in [5.41, 5.74) is 0. The van der Waals surface area contributed by atoms with Gasteiger partial charge in [-0.1, -0.05) is 13.0 Å². The van der Waals surface area contributed by atoms with Crippen LogP contribution in [0.3, 0.4) is 0 Å². The van der Waals surface area contributed by atoms with E-state index in [-0.39, 0.29) is 12.0 Å². The van der Waals surface area contributed by atoms with Gasteiger partial charge in [0.05, 0.1) is 6.10 Å². The van der Waals surface area contributed by atoms with Crippen molar-refractivity contribution in [3.05, 3.63) is 12.7 Å². The van der Waals surface area contributed by atoms with Crippen molar-refractivity contribution in [3.63, 3.8) is 0 Å². The zero-order valence-corrected chi connectivity index (χ0v) is 8.37. The first-order valence-electron chi connectivity index (χ1n) is 4.34. The molecular formula is C10H16O3. The van der Waals surface area contributed by atoms with Crippen LogP contribution in [0, 0.1) is 5.92 Å². The van der Waals surface area contributed by atoms with Crippen LogP contribution < -0.4 is 0 Å². The van der Waals surface area contributed by atoms with E-state index in [0.29, 0.717) is 6.42 Å². The van der Waals surface area contributed by atoms with Crippen molar-refractivity contribution >= 4 is 11.8 Å². The maximum Gasteiger partial charge on any atom is 0.375 e. The Kier molecular flexibility index (Phi) is 5.04. The molecule has 0 aromatic heterocycles. The Hall–Kier alpha value is -1.12. The summed E-state index contributed by atoms with van der Waals surface area (Å²) >= 11 is 0. The quantitative estimate of drug-likeness (QED) is 0.371. The molecule has 0 rings (SSSR count). The zero-order valence-electron chi connectivity index (χ0n) is 8.37. The number of rotatable bonds is 5. The van der Waals surface area contributed by atoms with E-state index in [1.807, 2.05) is 0 Å². The minimum atomic E-state index is -0.746. The normalized spacial score (nSPS) is 12.3. The van der Waals surface area contributed by atoms with Gasteiger partial charge < -0.3 is 4.74 Å². The van der Waals surface area contributed by atoms with Crippen molar-refractivity contribution in [2.45, 2.75) is 33.3 Å². The first-order chi connectivity index (χ1) is 5.99. The fourth-order valence-electron chi connectivity index (χ4n) is 0.830. The molecule has 0 aromatic rings. The van der Waals surface area contributed by atoms with Gasteiger partial charge in [0.15, 0.2) is 0 Å². The smallest absolute Gasteiger partial charge is 0.375 e. The molecule has 0 radical (unpaired) electrons. The van der Waals surface area contributed by atoms with Crippen LogP contribution in [-0.2, 0) is 14.3 Å². The van der Waals surface area contributed by atoms with Crippen LogP contribution in [0.1, 0.15) is 27.2 Å². The maximum absolute atomic E-state index is 11.2. The van der Waals surface area contributed by atoms with E-state index < -0.39 is 11.8 Å². The van der Waals surface area contributed by atoms with Crippen molar-refractivity contribution in [3.8, 4) is 0 Å². The molecule has 0 aliphatic heterocycles. The number of carbonyl (C=O) groups is 2. The molecular weight excluding hydrogens is 168 g/mol. The summed E-state index contributed by atoms with van der Waals surface area (Å²) in [6.45, 7) is 8.61. The fraction of sp³-hybridized carbons (Fsp3) is 0.600. The molecule has 0 saturated carbocycles. The predicted octanol–water partition coefficient (Wildman–Crippen LogP) is 1.72. The van der Waals surface area contributed by atoms with Crippen molar-refractivity contribution < 1.29 is 14.3 Å². The average Bonchev–Trinajstić information content (AvgIpc) is 2.02. The molecule has 0 aliphatic carbocycles. The molecule has 0 saturated heterocycles. The first-order valence-corrected chi connectivity index (χ1v) is 4.34. The summed E-state index contributed by atoms with van der Waals surface area (Å²) in [4.78, 5) is 22.3. The van der Waals surface area contributed by atoms with Crippen LogP contribution in [0.4, 0.5) is 0 Å². The largest absolute Gasteiger partial charge is 0.457 e. The highest BCUT2D eigenvalue weighted by atomic mass is 16.5. The third-order valence-electron chi connectivity index (χ3n) is 1.51. The molecule has 13 heavy (non-hydrogen) atoms. The van der Waals surface area contributed by atoms with Crippen LogP contribution in [0.25, 0.3) is 0 Å². The molecule has 0 heterocycles. The van der Waals surface area contributed by atoms with Crippen LogP contribution in [0.2, 0.25) is 0 Å². The molecule has 0 bridgehead atoms. The Morgan fingerprint density at radius 2 is 1.92 bits per heavy atom. The molecule has 74 valence electrons. The average molecular weight is 184 g/mol. The van der Waals surface area contributed by atoms with Gasteiger partial charge in [-0.3, -0.25) is 4.79 Å². The third-order valence-corrected chi connectivity index (χ3v) is 1.51. The standard InChI is InChI=1S/C10H16O3/c1-5-6-8(4)9(11)10(12)13-7(2)3/h5,7-8H,1,6H2,2-4H3/t8-/m1/s1. The summed E-state index contributed by atoms with van der Waals surface area (Å²) < 4.78 is 4.76. The second-order valence-corrected chi connectivity index (χ2v) is 3.24. The van der Waals surface area contributed by atoms with E-state index in [1.165, 1.54) is 0 Å². The lowest BCUT2D eigenvalue weighted by Gasteiger charge is -2.09. The number of ether oxygens (including phenoxy) is 1. The van der Waals surface area contributed by atoms with Crippen molar-refractivity contribution in [1.82, 2.24) is 0 Å². The van der Waals surface area contributed by atoms with E-state index in [4.69, 9.17) is 4.74 Å². The summed E-state index contributed by atoms with van der Waals surface area (Å²) in [7, 11) is 0. The number of carbonyl (C=O) groups excluding carboxylic acids is 2. The van der Waals surface area contributed by atoms with E-state index >= 15 is 0 Å². The molecule has 0 spiro atoms. The Morgan fingerprint density at radius 1 is 1.38 bits per heavy atom. The van der Waals surface area contributed by atoms with Gasteiger partial charge in [-0.05, 0) is 20.3 Å². The van der Waals surface area contributed by atoms with E-state index in [0.717, 1.165) is 0 Å². The summed E-state index contributed by atoms with van der Waals surface area (Å²) in [6.07, 6.45) is 1.88. The van der Waals surface area contributed by atoms with E-state index in [1.54, 1.807) is 26.8 Å². The van der Waals surface area contributed by atoms with Gasteiger partial charge >= 0.3 is 5.97 Å². The lowest BCUT2D eigenvalue weighted by Crippen LogP contribution is -2.26. The fourth-order valence-corrected chi connectivity index (χ4v) is 0.830. The molecule has 1 atom stereocenters. The first kappa shape index (κ1) is 11.9. The molecule has 0 amide bonds. The summed E-state index contributed by atoms with van der Waals surface area (Å²) in [6, 6.07) is 0. The molecule has 3 heteroatoms. The van der Waals surface area contributed by atoms with Gasteiger partial charge in [-0.2, -0.15) is 0 Å². The summed E-state index contributed by atoms with van der Waals surface area (Å²) in [5, 5.41) is 0. The molecule has 0 aromatic carbocycles. The van der Waals surface area contributed by atoms with E-state index in [9.17, 15) is 9.59 Å². The number of hydrogen-bond acceptors (Lipinski definition) is 3. The SMILES string of the molecule is C=CC[C@@H](C)C(=O)C(=O)OC(C)C. The monoisotopic (exact) mass is 184 g/mol. The van der Waals surface area contributed by atoms with Crippen molar-refractivity contribution in [2.75, 3.05) is 0 Å². The highest BCUT2D eigenvalue weighted by Crippen LogP contribution is 2.05. The number of allylic oxidation sites excluding steroid dienone is 1. The number of ketones is 1. The zero-order chi connectivity index (χ0) is 10.4. The Bertz CT molecular complexity index is 206. The highest BCUT2D eigenvalue weighted by Gasteiger charge is 2.22. The Labute approximate surface area is 78.8 Å². The van der Waals surface area contributed by atoms with Gasteiger partial charge in [0, 0.05) is 5.92 Å². The van der Waals surface area contributed by atoms with Crippen molar-refractivity contribution in [2.24, 2.45) is 5.92 Å². The maximum atomic E-state index is 11.2. The van der Waals surface area contributed by atoms with Crippen LogP contribution in [0.5, 0.6) is 0 Å². The lowest BCUT2D eigenvalue weighted by atomic mass is 10.0. The minimum Gasteiger partial charge on any atom is -0.457 e. The molecule has 3 nitrogen and oxygen atoms in total. The second kappa shape index (κ2) is 5.51. The number of hydrogen-bond donors (Lipinski definition) is 0. The molecule has 0 N–H and O–H groups in total. The third kappa shape index (κ3) is 4.45. The molecule has 0 fully saturated rings. The van der Waals surface area contributed by atoms with Gasteiger partial charge in [-0.25, -0.2) is 4.79 Å². The number of esters is 1. The molecule has 0 aliphatic rings. The van der Waals surface area contributed by atoms with Crippen LogP contribution in [-0.4, -0.2) is 17.9 Å². The minimum absolute atomic E-state index is 0.243.